The third kappa shape index (κ3) is 9.10. The third-order valence-corrected chi connectivity index (χ3v) is 5.48. The molecule has 0 aliphatic heterocycles. The average molecular weight is 563 g/mol. The number of amides is 4. The zero-order chi connectivity index (χ0) is 29.2. The Labute approximate surface area is 236 Å². The monoisotopic (exact) mass is 562 g/mol. The summed E-state index contributed by atoms with van der Waals surface area (Å²) in [6.07, 6.45) is -1.23. The van der Waals surface area contributed by atoms with Crippen molar-refractivity contribution in [1.29, 1.82) is 0 Å². The van der Waals surface area contributed by atoms with Gasteiger partial charge in [-0.25, -0.2) is 5.48 Å². The van der Waals surface area contributed by atoms with Gasteiger partial charge in [-0.05, 0) is 73.7 Å². The number of benzene rings is 3. The van der Waals surface area contributed by atoms with Crippen LogP contribution in [-0.4, -0.2) is 62.8 Å². The van der Waals surface area contributed by atoms with Crippen LogP contribution in [0, 0.1) is 11.8 Å². The predicted octanol–water partition coefficient (Wildman–Crippen LogP) is 1.49. The zero-order valence-corrected chi connectivity index (χ0v) is 21.1. The number of hydrogen-bond acceptors (Lipinski definition) is 8. The van der Waals surface area contributed by atoms with Crippen LogP contribution in [0.15, 0.2) is 66.7 Å². The van der Waals surface area contributed by atoms with Gasteiger partial charge in [0.15, 0.2) is 11.5 Å². The number of hydroxylamine groups is 1. The summed E-state index contributed by atoms with van der Waals surface area (Å²) in [5, 5.41) is 44.6. The van der Waals surface area contributed by atoms with Crippen LogP contribution in [0.2, 0.25) is 0 Å². The number of aliphatic hydroxyl groups excluding tert-OH is 1. The molecule has 41 heavy (non-hydrogen) atoms. The number of hydrogen-bond donors (Lipinski definition) is 8. The third-order valence-electron chi connectivity index (χ3n) is 5.48. The Morgan fingerprint density at radius 1 is 0.805 bits per heavy atom. The Morgan fingerprint density at radius 2 is 1.37 bits per heavy atom. The van der Waals surface area contributed by atoms with E-state index in [4.69, 9.17) is 5.21 Å². The van der Waals surface area contributed by atoms with E-state index in [9.17, 15) is 34.5 Å². The van der Waals surface area contributed by atoms with Gasteiger partial charge < -0.3 is 31.3 Å². The van der Waals surface area contributed by atoms with Crippen LogP contribution in [0.25, 0.3) is 0 Å². The number of phenols is 2. The van der Waals surface area contributed by atoms with Crippen molar-refractivity contribution in [2.45, 2.75) is 26.5 Å². The number of aromatic hydroxyl groups is 2. The maximum absolute atomic E-state index is 12.4. The van der Waals surface area contributed by atoms with Gasteiger partial charge in [-0.15, -0.1) is 0 Å². The zero-order valence-electron chi connectivity index (χ0n) is 21.1. The Bertz CT molecular complexity index is 1460. The van der Waals surface area contributed by atoms with Crippen molar-refractivity contribution >= 4 is 29.3 Å². The molecule has 0 saturated carbocycles. The van der Waals surface area contributed by atoms with E-state index < -0.39 is 41.5 Å². The molecule has 0 aliphatic carbocycles. The van der Waals surface area contributed by atoms with Gasteiger partial charge in [0.05, 0.1) is 12.6 Å². The number of carbonyl (C=O) groups excluding carboxylic acids is 4. The topological polar surface area (TPSA) is 197 Å². The number of phenolic OH excluding ortho intramolecular Hbond substituents is 2. The van der Waals surface area contributed by atoms with E-state index in [1.807, 2.05) is 0 Å². The summed E-state index contributed by atoms with van der Waals surface area (Å²) >= 11 is 0. The van der Waals surface area contributed by atoms with Crippen molar-refractivity contribution in [3.05, 3.63) is 89.0 Å². The number of rotatable bonds is 8. The molecule has 214 valence electrons. The number of anilines is 1. The highest BCUT2D eigenvalue weighted by molar-refractivity contribution is 6.00. The van der Waals surface area contributed by atoms with E-state index in [-0.39, 0.29) is 30.8 Å². The van der Waals surface area contributed by atoms with E-state index in [0.29, 0.717) is 16.8 Å². The molecule has 0 aliphatic rings. The summed E-state index contributed by atoms with van der Waals surface area (Å²) < 4.78 is 0. The number of nitrogens with one attached hydrogen (secondary N) is 4. The van der Waals surface area contributed by atoms with Crippen LogP contribution in [0.1, 0.15) is 46.2 Å². The van der Waals surface area contributed by atoms with Crippen molar-refractivity contribution in [3.8, 4) is 23.3 Å². The summed E-state index contributed by atoms with van der Waals surface area (Å²) in [4.78, 5) is 48.2. The fraction of sp³-hybridized carbons (Fsp3) is 0.172. The van der Waals surface area contributed by atoms with E-state index >= 15 is 0 Å². The lowest BCUT2D eigenvalue weighted by atomic mass is 10.1. The maximum Gasteiger partial charge on any atom is 0.268 e. The Hall–Kier alpha value is -5.38. The fourth-order valence-electron chi connectivity index (χ4n) is 3.32. The average Bonchev–Trinajstić information content (AvgIpc) is 2.95. The first-order chi connectivity index (χ1) is 19.1. The standard InChI is InChI=1S/C28H26N4O8.CH4/c1-16(33)25(28(39)32-40)31-27(38)19-8-4-17(5-9-19)2-3-18-6-11-21(12-7-18)30-24(36)15-29-26(37)20-10-13-22(34)23(35)14-20;/h4-14,16,25,33-35,40H,15H2,1H3,(H,29,37)(H,30,36)(H,31,38)(H,32,39);1H4/t16-,25+;/m1./s1. The summed E-state index contributed by atoms with van der Waals surface area (Å²) in [7, 11) is 0. The molecule has 2 atom stereocenters. The first kappa shape index (κ1) is 31.8. The maximum atomic E-state index is 12.4. The molecule has 8 N–H and O–H groups in total. The van der Waals surface area contributed by atoms with Crippen LogP contribution in [-0.2, 0) is 9.59 Å². The second-order valence-corrected chi connectivity index (χ2v) is 8.51. The van der Waals surface area contributed by atoms with Crippen LogP contribution < -0.4 is 21.4 Å². The molecular weight excluding hydrogens is 532 g/mol. The van der Waals surface area contributed by atoms with Gasteiger partial charge in [0.25, 0.3) is 17.7 Å². The molecule has 4 amide bonds. The normalized spacial score (nSPS) is 11.4. The van der Waals surface area contributed by atoms with Gasteiger partial charge in [0, 0.05) is 27.9 Å². The summed E-state index contributed by atoms with van der Waals surface area (Å²) in [5.74, 6) is 2.45. The Morgan fingerprint density at radius 3 is 1.90 bits per heavy atom. The lowest BCUT2D eigenvalue weighted by Gasteiger charge is -2.19. The van der Waals surface area contributed by atoms with E-state index in [1.54, 1.807) is 36.4 Å². The second kappa shape index (κ2) is 14.7. The summed E-state index contributed by atoms with van der Waals surface area (Å²) in [6, 6.07) is 15.1. The largest absolute Gasteiger partial charge is 0.504 e. The van der Waals surface area contributed by atoms with Crippen molar-refractivity contribution in [2.24, 2.45) is 0 Å². The smallest absolute Gasteiger partial charge is 0.268 e. The molecule has 3 aromatic carbocycles. The molecule has 0 spiro atoms. The number of aliphatic hydroxyl groups is 1. The SMILES string of the molecule is C.C[C@@H](O)[C@H](NC(=O)c1ccc(C#Cc2ccc(NC(=O)CNC(=O)c3ccc(O)c(O)c3)cc2)cc1)C(=O)NO. The molecule has 3 aromatic rings. The molecule has 12 nitrogen and oxygen atoms in total. The molecule has 3 rings (SSSR count). The minimum Gasteiger partial charge on any atom is -0.504 e. The van der Waals surface area contributed by atoms with Crippen molar-refractivity contribution in [2.75, 3.05) is 11.9 Å². The molecule has 0 aromatic heterocycles. The van der Waals surface area contributed by atoms with E-state index in [0.717, 1.165) is 6.07 Å². The molecule has 0 unspecified atom stereocenters. The molecular formula is C29H30N4O8. The lowest BCUT2D eigenvalue weighted by Crippen LogP contribution is -2.51. The van der Waals surface area contributed by atoms with Gasteiger partial charge in [-0.3, -0.25) is 24.4 Å². The van der Waals surface area contributed by atoms with E-state index in [2.05, 4.69) is 27.8 Å². The molecule has 0 fully saturated rings. The van der Waals surface area contributed by atoms with Crippen molar-refractivity contribution in [3.63, 3.8) is 0 Å². The van der Waals surface area contributed by atoms with Crippen LogP contribution in [0.3, 0.4) is 0 Å². The van der Waals surface area contributed by atoms with Gasteiger partial charge in [-0.2, -0.15) is 0 Å². The molecule has 0 heterocycles. The van der Waals surface area contributed by atoms with Gasteiger partial charge in [0.1, 0.15) is 6.04 Å². The highest BCUT2D eigenvalue weighted by Gasteiger charge is 2.25. The van der Waals surface area contributed by atoms with Gasteiger partial charge in [-0.1, -0.05) is 19.3 Å². The predicted molar refractivity (Wildman–Crippen MR) is 149 cm³/mol. The molecule has 0 bridgehead atoms. The molecule has 0 saturated heterocycles. The number of carbonyl (C=O) groups is 4. The fourth-order valence-corrected chi connectivity index (χ4v) is 3.32. The van der Waals surface area contributed by atoms with Crippen molar-refractivity contribution in [1.82, 2.24) is 16.1 Å². The first-order valence-corrected chi connectivity index (χ1v) is 11.8. The highest BCUT2D eigenvalue weighted by Crippen LogP contribution is 2.24. The van der Waals surface area contributed by atoms with Crippen LogP contribution in [0.4, 0.5) is 5.69 Å². The van der Waals surface area contributed by atoms with E-state index in [1.165, 1.54) is 36.7 Å². The summed E-state index contributed by atoms with van der Waals surface area (Å²) in [5.41, 5.74) is 3.43. The molecule has 12 heteroatoms. The van der Waals surface area contributed by atoms with Crippen LogP contribution >= 0.6 is 0 Å². The van der Waals surface area contributed by atoms with Gasteiger partial charge >= 0.3 is 0 Å². The lowest BCUT2D eigenvalue weighted by molar-refractivity contribution is -0.133. The highest BCUT2D eigenvalue weighted by atomic mass is 16.5. The first-order valence-electron chi connectivity index (χ1n) is 11.8. The Kier molecular flexibility index (Phi) is 11.4. The molecule has 0 radical (unpaired) electrons. The van der Waals surface area contributed by atoms with Crippen LogP contribution in [0.5, 0.6) is 11.5 Å². The van der Waals surface area contributed by atoms with Crippen molar-refractivity contribution < 1.29 is 39.7 Å². The minimum atomic E-state index is -1.33. The second-order valence-electron chi connectivity index (χ2n) is 8.51. The van der Waals surface area contributed by atoms with Gasteiger partial charge in [0.2, 0.25) is 5.91 Å². The Balaban J connectivity index is 0.00000588. The minimum absolute atomic E-state index is 0. The summed E-state index contributed by atoms with van der Waals surface area (Å²) in [6.45, 7) is 0.984. The quantitative estimate of drug-likeness (QED) is 0.0874.